The van der Waals surface area contributed by atoms with Crippen LogP contribution in [0.3, 0.4) is 0 Å². The van der Waals surface area contributed by atoms with Crippen LogP contribution in [0, 0.1) is 0 Å². The van der Waals surface area contributed by atoms with Crippen molar-refractivity contribution in [3.8, 4) is 0 Å². The second kappa shape index (κ2) is 7.36. The maximum Gasteiger partial charge on any atom is 0.318 e. The Morgan fingerprint density at radius 2 is 2.08 bits per heavy atom. The second-order valence-corrected chi connectivity index (χ2v) is 9.29. The Kier molecular flexibility index (Phi) is 5.34. The summed E-state index contributed by atoms with van der Waals surface area (Å²) in [4.78, 5) is 17.7. The largest absolute Gasteiger partial charge is 0.480 e. The number of carboxylic acid groups (broad SMARTS) is 1. The van der Waals surface area contributed by atoms with Crippen LogP contribution in [0.25, 0.3) is 11.0 Å². The fourth-order valence-electron chi connectivity index (χ4n) is 3.74. The minimum Gasteiger partial charge on any atom is -0.480 e. The number of fused-ring (bicyclic) bond motifs is 1. The van der Waals surface area contributed by atoms with Crippen LogP contribution < -0.4 is 0 Å². The summed E-state index contributed by atoms with van der Waals surface area (Å²) in [7, 11) is -3.59. The molecule has 142 valence electrons. The van der Waals surface area contributed by atoms with Crippen molar-refractivity contribution >= 4 is 26.8 Å². The first-order chi connectivity index (χ1) is 12.3. The van der Waals surface area contributed by atoms with Gasteiger partial charge in [0.15, 0.2) is 9.84 Å². The molecule has 7 nitrogen and oxygen atoms in total. The first-order valence-corrected chi connectivity index (χ1v) is 10.7. The van der Waals surface area contributed by atoms with E-state index in [0.717, 1.165) is 36.2 Å². The molecular formula is C18H25N3O4S. The number of hydrogen-bond acceptors (Lipinski definition) is 5. The molecule has 3 rings (SSSR count). The van der Waals surface area contributed by atoms with Gasteiger partial charge in [0.25, 0.3) is 0 Å². The van der Waals surface area contributed by atoms with Crippen molar-refractivity contribution in [1.29, 1.82) is 0 Å². The molecule has 1 atom stereocenters. The monoisotopic (exact) mass is 379 g/mol. The lowest BCUT2D eigenvalue weighted by atomic mass is 10.2. The molecule has 1 unspecified atom stereocenters. The van der Waals surface area contributed by atoms with E-state index in [4.69, 9.17) is 10.1 Å². The highest BCUT2D eigenvalue weighted by molar-refractivity contribution is 7.92. The van der Waals surface area contributed by atoms with Crippen LogP contribution in [0.5, 0.6) is 0 Å². The summed E-state index contributed by atoms with van der Waals surface area (Å²) in [6.45, 7) is 5.37. The van der Waals surface area contributed by atoms with E-state index < -0.39 is 21.6 Å². The zero-order valence-corrected chi connectivity index (χ0v) is 15.9. The predicted octanol–water partition coefficient (Wildman–Crippen LogP) is 2.25. The standard InChI is InChI=1S/C18H25N3O4S/c1-13(2)21-15-7-4-3-6-14(15)19-18(21)16-8-5-9-20(16)10-11-26(24,25)12-17(22)23/h3-4,6-7,13,16H,5,8-12H2,1-2H3,(H,22,23). The number of hydrogen-bond donors (Lipinski definition) is 1. The van der Waals surface area contributed by atoms with E-state index in [9.17, 15) is 13.2 Å². The number of likely N-dealkylation sites (tertiary alicyclic amines) is 1. The molecule has 1 saturated heterocycles. The lowest BCUT2D eigenvalue weighted by Gasteiger charge is -2.25. The summed E-state index contributed by atoms with van der Waals surface area (Å²) in [6, 6.07) is 8.32. The average molecular weight is 379 g/mol. The van der Waals surface area contributed by atoms with Gasteiger partial charge in [-0.25, -0.2) is 13.4 Å². The van der Waals surface area contributed by atoms with Crippen LogP contribution in [0.4, 0.5) is 0 Å². The number of para-hydroxylation sites is 2. The van der Waals surface area contributed by atoms with Crippen molar-refractivity contribution < 1.29 is 18.3 Å². The van der Waals surface area contributed by atoms with Crippen molar-refractivity contribution in [1.82, 2.24) is 14.5 Å². The molecule has 0 amide bonds. The van der Waals surface area contributed by atoms with Gasteiger partial charge in [0, 0.05) is 12.6 Å². The molecule has 2 aromatic rings. The molecule has 2 heterocycles. The number of imidazole rings is 1. The summed E-state index contributed by atoms with van der Waals surface area (Å²) < 4.78 is 26.1. The molecule has 0 spiro atoms. The van der Waals surface area contributed by atoms with Gasteiger partial charge in [-0.2, -0.15) is 0 Å². The summed E-state index contributed by atoms with van der Waals surface area (Å²) >= 11 is 0. The lowest BCUT2D eigenvalue weighted by Crippen LogP contribution is -2.32. The third-order valence-electron chi connectivity index (χ3n) is 4.83. The zero-order chi connectivity index (χ0) is 18.9. The Bertz CT molecular complexity index is 904. The summed E-state index contributed by atoms with van der Waals surface area (Å²) in [5.74, 6) is -1.29. The van der Waals surface area contributed by atoms with Crippen LogP contribution in [0.1, 0.15) is 44.6 Å². The van der Waals surface area contributed by atoms with Gasteiger partial charge in [-0.05, 0) is 45.4 Å². The van der Waals surface area contributed by atoms with Crippen LogP contribution in [0.2, 0.25) is 0 Å². The van der Waals surface area contributed by atoms with E-state index in [1.165, 1.54) is 0 Å². The normalized spacial score (nSPS) is 18.8. The SMILES string of the molecule is CC(C)n1c(C2CCCN2CCS(=O)(=O)CC(=O)O)nc2ccccc21. The number of aromatic nitrogens is 2. The summed E-state index contributed by atoms with van der Waals surface area (Å²) in [5, 5.41) is 8.74. The van der Waals surface area contributed by atoms with Gasteiger partial charge < -0.3 is 9.67 Å². The Morgan fingerprint density at radius 3 is 2.77 bits per heavy atom. The molecule has 0 aliphatic carbocycles. The van der Waals surface area contributed by atoms with Gasteiger partial charge in [-0.1, -0.05) is 12.1 Å². The molecule has 1 fully saturated rings. The van der Waals surface area contributed by atoms with Gasteiger partial charge in [0.2, 0.25) is 0 Å². The first kappa shape index (κ1) is 18.8. The molecule has 26 heavy (non-hydrogen) atoms. The third kappa shape index (κ3) is 3.91. The Morgan fingerprint density at radius 1 is 1.35 bits per heavy atom. The lowest BCUT2D eigenvalue weighted by molar-refractivity contribution is -0.134. The maximum absolute atomic E-state index is 11.9. The Balaban J connectivity index is 1.86. The van der Waals surface area contributed by atoms with Crippen molar-refractivity contribution in [3.05, 3.63) is 30.1 Å². The molecule has 1 aromatic heterocycles. The average Bonchev–Trinajstić information content (AvgIpc) is 3.15. The second-order valence-electron chi connectivity index (χ2n) is 7.10. The maximum atomic E-state index is 11.9. The fraction of sp³-hybridized carbons (Fsp3) is 0.556. The number of aliphatic carboxylic acids is 1. The molecular weight excluding hydrogens is 354 g/mol. The van der Waals surface area contributed by atoms with E-state index in [1.54, 1.807) is 0 Å². The number of carboxylic acids is 1. The highest BCUT2D eigenvalue weighted by Gasteiger charge is 2.32. The molecule has 0 bridgehead atoms. The zero-order valence-electron chi connectivity index (χ0n) is 15.1. The molecule has 0 radical (unpaired) electrons. The van der Waals surface area contributed by atoms with Crippen LogP contribution in [0.15, 0.2) is 24.3 Å². The molecule has 8 heteroatoms. The highest BCUT2D eigenvalue weighted by atomic mass is 32.2. The third-order valence-corrected chi connectivity index (χ3v) is 6.33. The molecule has 1 aromatic carbocycles. The number of rotatable bonds is 7. The first-order valence-electron chi connectivity index (χ1n) is 8.91. The van der Waals surface area contributed by atoms with E-state index in [-0.39, 0.29) is 17.8 Å². The van der Waals surface area contributed by atoms with E-state index in [2.05, 4.69) is 29.4 Å². The van der Waals surface area contributed by atoms with E-state index >= 15 is 0 Å². The quantitative estimate of drug-likeness (QED) is 0.793. The van der Waals surface area contributed by atoms with Gasteiger partial charge in [-0.3, -0.25) is 9.69 Å². The Hall–Kier alpha value is -1.93. The number of carbonyl (C=O) groups is 1. The van der Waals surface area contributed by atoms with Gasteiger partial charge in [0.1, 0.15) is 11.6 Å². The van der Waals surface area contributed by atoms with E-state index in [1.807, 2.05) is 18.2 Å². The minimum atomic E-state index is -3.59. The molecule has 0 saturated carbocycles. The molecule has 1 aliphatic heterocycles. The van der Waals surface area contributed by atoms with Crippen molar-refractivity contribution in [2.24, 2.45) is 0 Å². The van der Waals surface area contributed by atoms with Gasteiger partial charge in [-0.15, -0.1) is 0 Å². The highest BCUT2D eigenvalue weighted by Crippen LogP contribution is 2.34. The van der Waals surface area contributed by atoms with Gasteiger partial charge in [0.05, 0.1) is 22.8 Å². The van der Waals surface area contributed by atoms with Gasteiger partial charge >= 0.3 is 5.97 Å². The van der Waals surface area contributed by atoms with Crippen LogP contribution in [-0.2, 0) is 14.6 Å². The Labute approximate surface area is 153 Å². The van der Waals surface area contributed by atoms with Crippen LogP contribution in [-0.4, -0.2) is 58.5 Å². The van der Waals surface area contributed by atoms with Crippen molar-refractivity contribution in [2.45, 2.75) is 38.8 Å². The minimum absolute atomic E-state index is 0.0600. The summed E-state index contributed by atoms with van der Waals surface area (Å²) in [6.07, 6.45) is 1.90. The molecule has 1 N–H and O–H groups in total. The van der Waals surface area contributed by atoms with Crippen molar-refractivity contribution in [3.63, 3.8) is 0 Å². The topological polar surface area (TPSA) is 92.5 Å². The number of nitrogens with zero attached hydrogens (tertiary/aromatic N) is 3. The number of sulfone groups is 1. The fourth-order valence-corrected chi connectivity index (χ4v) is 4.78. The van der Waals surface area contributed by atoms with E-state index in [0.29, 0.717) is 6.54 Å². The number of benzene rings is 1. The van der Waals surface area contributed by atoms with Crippen LogP contribution >= 0.6 is 0 Å². The smallest absolute Gasteiger partial charge is 0.318 e. The van der Waals surface area contributed by atoms with Crippen molar-refractivity contribution in [2.75, 3.05) is 24.6 Å². The predicted molar refractivity (Wildman–Crippen MR) is 100.0 cm³/mol. The molecule has 1 aliphatic rings. The summed E-state index contributed by atoms with van der Waals surface area (Å²) in [5.41, 5.74) is 2.03.